The number of nitrogens with one attached hydrogen (secondary N) is 1. The summed E-state index contributed by atoms with van der Waals surface area (Å²) in [5.41, 5.74) is 0.903. The van der Waals surface area contributed by atoms with Gasteiger partial charge in [-0.25, -0.2) is 0 Å². The number of benzene rings is 1. The summed E-state index contributed by atoms with van der Waals surface area (Å²) in [4.78, 5) is 34.4. The summed E-state index contributed by atoms with van der Waals surface area (Å²) >= 11 is 0. The molecule has 1 aromatic carbocycles. The molecule has 0 aliphatic rings. The lowest BCUT2D eigenvalue weighted by atomic mass is 10.0. The Morgan fingerprint density at radius 3 is 2.74 bits per heavy atom. The summed E-state index contributed by atoms with van der Waals surface area (Å²) < 4.78 is 1.77. The fraction of sp³-hybridized carbons (Fsp3) is 0.250. The predicted octanol–water partition coefficient (Wildman–Crippen LogP) is 2.27. The second-order valence-corrected chi connectivity index (χ2v) is 5.10. The highest BCUT2D eigenvalue weighted by molar-refractivity contribution is 5.92. The Labute approximate surface area is 132 Å². The van der Waals surface area contributed by atoms with E-state index < -0.39 is 4.92 Å². The minimum absolute atomic E-state index is 0.0247. The number of nitro benzene ring substituents is 1. The minimum atomic E-state index is -0.478. The quantitative estimate of drug-likeness (QED) is 0.676. The smallest absolute Gasteiger partial charge is 0.272 e. The average molecular weight is 315 g/mol. The van der Waals surface area contributed by atoms with Crippen molar-refractivity contribution in [2.24, 2.45) is 0 Å². The molecule has 2 aromatic rings. The lowest BCUT2D eigenvalue weighted by molar-refractivity contribution is -0.385. The van der Waals surface area contributed by atoms with Gasteiger partial charge in [-0.1, -0.05) is 12.1 Å². The van der Waals surface area contributed by atoms with Gasteiger partial charge in [-0.2, -0.15) is 0 Å². The van der Waals surface area contributed by atoms with E-state index in [2.05, 4.69) is 5.32 Å². The Morgan fingerprint density at radius 1 is 1.35 bits per heavy atom. The van der Waals surface area contributed by atoms with Crippen molar-refractivity contribution in [3.8, 4) is 0 Å². The topological polar surface area (TPSA) is 94.2 Å². The summed E-state index contributed by atoms with van der Waals surface area (Å²) in [5.74, 6) is -0.389. The fourth-order valence-electron chi connectivity index (χ4n) is 2.24. The van der Waals surface area contributed by atoms with Gasteiger partial charge in [0.15, 0.2) is 0 Å². The van der Waals surface area contributed by atoms with Crippen LogP contribution in [0.25, 0.3) is 0 Å². The van der Waals surface area contributed by atoms with Crippen LogP contribution in [0.5, 0.6) is 0 Å². The van der Waals surface area contributed by atoms with E-state index in [0.29, 0.717) is 17.7 Å². The van der Waals surface area contributed by atoms with Crippen molar-refractivity contribution in [2.75, 3.05) is 5.32 Å². The summed E-state index contributed by atoms with van der Waals surface area (Å²) in [6, 6.07) is 5.99. The molecule has 0 atom stereocenters. The highest BCUT2D eigenvalue weighted by Gasteiger charge is 2.15. The Morgan fingerprint density at radius 2 is 2.09 bits per heavy atom. The van der Waals surface area contributed by atoms with Crippen LogP contribution in [0.1, 0.15) is 18.1 Å². The number of hydrogen-bond donors (Lipinski definition) is 1. The molecule has 0 fully saturated rings. The first-order valence-corrected chi connectivity index (χ1v) is 7.15. The first-order chi connectivity index (χ1) is 10.9. The van der Waals surface area contributed by atoms with Crippen LogP contribution in [0.4, 0.5) is 11.4 Å². The van der Waals surface area contributed by atoms with E-state index >= 15 is 0 Å². The van der Waals surface area contributed by atoms with Crippen LogP contribution >= 0.6 is 0 Å². The van der Waals surface area contributed by atoms with Crippen LogP contribution < -0.4 is 10.7 Å². The number of aromatic nitrogens is 1. The summed E-state index contributed by atoms with van der Waals surface area (Å²) in [6.07, 6.45) is 3.18. The van der Waals surface area contributed by atoms with E-state index in [9.17, 15) is 19.7 Å². The highest BCUT2D eigenvalue weighted by Crippen LogP contribution is 2.21. The Kier molecular flexibility index (Phi) is 4.90. The van der Waals surface area contributed by atoms with Gasteiger partial charge in [-0.05, 0) is 19.4 Å². The normalized spacial score (nSPS) is 10.3. The molecule has 0 radical (unpaired) electrons. The maximum atomic E-state index is 12.1. The van der Waals surface area contributed by atoms with Crippen molar-refractivity contribution < 1.29 is 9.72 Å². The molecule has 7 heteroatoms. The van der Waals surface area contributed by atoms with Gasteiger partial charge < -0.3 is 9.88 Å². The summed E-state index contributed by atoms with van der Waals surface area (Å²) in [6.45, 7) is 4.20. The van der Waals surface area contributed by atoms with Gasteiger partial charge >= 0.3 is 0 Å². The van der Waals surface area contributed by atoms with E-state index in [1.54, 1.807) is 36.0 Å². The first kappa shape index (κ1) is 16.4. The number of anilines is 1. The van der Waals surface area contributed by atoms with Gasteiger partial charge in [-0.15, -0.1) is 0 Å². The highest BCUT2D eigenvalue weighted by atomic mass is 16.6. The second-order valence-electron chi connectivity index (χ2n) is 5.10. The zero-order valence-corrected chi connectivity index (χ0v) is 12.9. The van der Waals surface area contributed by atoms with Crippen LogP contribution in [0.15, 0.2) is 41.5 Å². The van der Waals surface area contributed by atoms with Gasteiger partial charge in [0.1, 0.15) is 5.69 Å². The van der Waals surface area contributed by atoms with Gasteiger partial charge in [0.25, 0.3) is 5.69 Å². The maximum absolute atomic E-state index is 12.1. The molecule has 2 rings (SSSR count). The lowest BCUT2D eigenvalue weighted by Gasteiger charge is -2.09. The Hall–Kier alpha value is -2.96. The van der Waals surface area contributed by atoms with Crippen molar-refractivity contribution in [2.45, 2.75) is 26.8 Å². The molecule has 0 aliphatic heterocycles. The van der Waals surface area contributed by atoms with Crippen LogP contribution in [-0.4, -0.2) is 15.4 Å². The molecule has 23 heavy (non-hydrogen) atoms. The fourth-order valence-corrected chi connectivity index (χ4v) is 2.24. The molecule has 120 valence electrons. The molecule has 0 unspecified atom stereocenters. The molecule has 0 saturated carbocycles. The molecule has 1 N–H and O–H groups in total. The van der Waals surface area contributed by atoms with Crippen molar-refractivity contribution in [3.63, 3.8) is 0 Å². The van der Waals surface area contributed by atoms with Crippen molar-refractivity contribution in [3.05, 3.63) is 68.1 Å². The number of carbonyl (C=O) groups is 1. The minimum Gasteiger partial charge on any atom is -0.352 e. The number of carbonyl (C=O) groups excluding carboxylic acids is 1. The van der Waals surface area contributed by atoms with E-state index in [0.717, 1.165) is 0 Å². The standard InChI is InChI=1S/C16H17N3O4/c1-3-18-8-7-15(20)13(10-18)17-16(21)9-12-5-4-6-14(11(12)2)19(22)23/h4-8,10H,3,9H2,1-2H3,(H,17,21). The van der Waals surface area contributed by atoms with Gasteiger partial charge in [0, 0.05) is 36.6 Å². The zero-order valence-electron chi connectivity index (χ0n) is 12.9. The molecule has 1 heterocycles. The third-order valence-electron chi connectivity index (χ3n) is 3.58. The summed E-state index contributed by atoms with van der Waals surface area (Å²) in [7, 11) is 0. The average Bonchev–Trinajstić information content (AvgIpc) is 2.51. The van der Waals surface area contributed by atoms with Crippen molar-refractivity contribution in [1.82, 2.24) is 4.57 Å². The largest absolute Gasteiger partial charge is 0.352 e. The molecule has 0 saturated heterocycles. The molecule has 1 amide bonds. The number of amides is 1. The zero-order chi connectivity index (χ0) is 17.0. The van der Waals surface area contributed by atoms with Crippen molar-refractivity contribution in [1.29, 1.82) is 0 Å². The second kappa shape index (κ2) is 6.87. The Balaban J connectivity index is 2.19. The van der Waals surface area contributed by atoms with Crippen LogP contribution in [-0.2, 0) is 17.8 Å². The SMILES string of the molecule is CCn1ccc(=O)c(NC(=O)Cc2cccc([N+](=O)[O-])c2C)c1. The molecule has 0 aliphatic carbocycles. The number of hydrogen-bond acceptors (Lipinski definition) is 4. The first-order valence-electron chi connectivity index (χ1n) is 7.15. The summed E-state index contributed by atoms with van der Waals surface area (Å²) in [5, 5.41) is 13.5. The van der Waals surface area contributed by atoms with Gasteiger partial charge in [0.05, 0.1) is 11.3 Å². The third-order valence-corrected chi connectivity index (χ3v) is 3.58. The van der Waals surface area contributed by atoms with Gasteiger partial charge in [0.2, 0.25) is 11.3 Å². The lowest BCUT2D eigenvalue weighted by Crippen LogP contribution is -2.21. The monoisotopic (exact) mass is 315 g/mol. The van der Waals surface area contributed by atoms with Gasteiger partial charge in [-0.3, -0.25) is 19.7 Å². The molecule has 0 spiro atoms. The molecular weight excluding hydrogens is 298 g/mol. The van der Waals surface area contributed by atoms with E-state index in [4.69, 9.17) is 0 Å². The predicted molar refractivity (Wildman–Crippen MR) is 86.5 cm³/mol. The van der Waals surface area contributed by atoms with E-state index in [1.165, 1.54) is 12.1 Å². The maximum Gasteiger partial charge on any atom is 0.272 e. The molecule has 0 bridgehead atoms. The van der Waals surface area contributed by atoms with E-state index in [1.807, 2.05) is 6.92 Å². The number of pyridine rings is 1. The number of nitrogens with zero attached hydrogens (tertiary/aromatic N) is 2. The molecule has 7 nitrogen and oxygen atoms in total. The van der Waals surface area contributed by atoms with Crippen LogP contribution in [0, 0.1) is 17.0 Å². The molecule has 1 aromatic heterocycles. The van der Waals surface area contributed by atoms with E-state index in [-0.39, 0.29) is 29.1 Å². The van der Waals surface area contributed by atoms with Crippen LogP contribution in [0.2, 0.25) is 0 Å². The van der Waals surface area contributed by atoms with Crippen LogP contribution in [0.3, 0.4) is 0 Å². The Bertz CT molecular complexity index is 811. The number of rotatable bonds is 5. The number of nitro groups is 1. The number of aryl methyl sites for hydroxylation is 1. The molecular formula is C16H17N3O4. The van der Waals surface area contributed by atoms with Crippen molar-refractivity contribution >= 4 is 17.3 Å². The third kappa shape index (κ3) is 3.82.